The quantitative estimate of drug-likeness (QED) is 0.649. The van der Waals surface area contributed by atoms with Gasteiger partial charge in [-0.2, -0.15) is 0 Å². The molecular formula is C12H25N3O. The molecule has 4 nitrogen and oxygen atoms in total. The molecule has 94 valence electrons. The highest BCUT2D eigenvalue weighted by molar-refractivity contribution is 5.83. The van der Waals surface area contributed by atoms with Crippen molar-refractivity contribution in [2.24, 2.45) is 5.73 Å². The highest BCUT2D eigenvalue weighted by atomic mass is 16.1. The third-order valence-electron chi connectivity index (χ3n) is 3.27. The van der Waals surface area contributed by atoms with Gasteiger partial charge in [-0.25, -0.2) is 0 Å². The fourth-order valence-corrected chi connectivity index (χ4v) is 2.30. The summed E-state index contributed by atoms with van der Waals surface area (Å²) in [6, 6.07) is 0.887. The van der Waals surface area contributed by atoms with Crippen LogP contribution >= 0.6 is 0 Å². The van der Waals surface area contributed by atoms with E-state index in [1.54, 1.807) is 0 Å². The maximum atomic E-state index is 11.2. The summed E-state index contributed by atoms with van der Waals surface area (Å²) >= 11 is 0. The molecule has 1 amide bonds. The molecule has 1 aliphatic heterocycles. The average molecular weight is 227 g/mol. The molecule has 4 heteroatoms. The molecule has 0 aromatic carbocycles. The first-order chi connectivity index (χ1) is 7.42. The lowest BCUT2D eigenvalue weighted by Gasteiger charge is -2.31. The van der Waals surface area contributed by atoms with Crippen LogP contribution in [0.1, 0.15) is 46.5 Å². The molecule has 16 heavy (non-hydrogen) atoms. The Morgan fingerprint density at radius 1 is 1.56 bits per heavy atom. The summed E-state index contributed by atoms with van der Waals surface area (Å²) in [6.07, 6.45) is 4.88. The first kappa shape index (κ1) is 13.5. The molecule has 0 saturated carbocycles. The molecule has 1 fully saturated rings. The molecule has 2 unspecified atom stereocenters. The number of nitrogens with one attached hydrogen (secondary N) is 2. The topological polar surface area (TPSA) is 67.2 Å². The first-order valence-electron chi connectivity index (χ1n) is 6.23. The number of rotatable bonds is 5. The van der Waals surface area contributed by atoms with E-state index in [2.05, 4.69) is 17.6 Å². The Morgan fingerprint density at radius 2 is 2.25 bits per heavy atom. The lowest BCUT2D eigenvalue weighted by molar-refractivity contribution is -0.123. The van der Waals surface area contributed by atoms with Gasteiger partial charge in [0.15, 0.2) is 0 Å². The Morgan fingerprint density at radius 3 is 2.75 bits per heavy atom. The van der Waals surface area contributed by atoms with Crippen molar-refractivity contribution in [3.8, 4) is 0 Å². The number of primary amides is 1. The van der Waals surface area contributed by atoms with Gasteiger partial charge in [0.2, 0.25) is 5.91 Å². The van der Waals surface area contributed by atoms with Crippen molar-refractivity contribution >= 4 is 5.91 Å². The fourth-order valence-electron chi connectivity index (χ4n) is 2.30. The summed E-state index contributed by atoms with van der Waals surface area (Å²) in [5.74, 6) is -0.295. The van der Waals surface area contributed by atoms with Crippen LogP contribution in [-0.4, -0.2) is 30.1 Å². The summed E-state index contributed by atoms with van der Waals surface area (Å²) in [5, 5.41) is 6.80. The number of piperidine rings is 1. The number of carbonyl (C=O) groups is 1. The predicted octanol–water partition coefficient (Wildman–Crippen LogP) is 0.761. The van der Waals surface area contributed by atoms with Crippen molar-refractivity contribution in [1.82, 2.24) is 10.6 Å². The van der Waals surface area contributed by atoms with Gasteiger partial charge >= 0.3 is 0 Å². The molecule has 2 atom stereocenters. The highest BCUT2D eigenvalue weighted by Crippen LogP contribution is 2.13. The minimum atomic E-state index is -0.617. The minimum Gasteiger partial charge on any atom is -0.368 e. The Hall–Kier alpha value is -0.610. The standard InChI is InChI=1S/C12H25N3O/c1-9(15-12(2,3)11(13)16)8-10-6-4-5-7-14-10/h9-10,14-15H,4-8H2,1-3H3,(H2,13,16). The summed E-state index contributed by atoms with van der Waals surface area (Å²) < 4.78 is 0. The van der Waals surface area contributed by atoms with E-state index >= 15 is 0 Å². The summed E-state index contributed by atoms with van der Waals surface area (Å²) in [5.41, 5.74) is 4.72. The molecule has 0 spiro atoms. The van der Waals surface area contributed by atoms with E-state index in [0.29, 0.717) is 12.1 Å². The second-order valence-electron chi connectivity index (χ2n) is 5.42. The van der Waals surface area contributed by atoms with Crippen molar-refractivity contribution in [1.29, 1.82) is 0 Å². The van der Waals surface area contributed by atoms with Gasteiger partial charge in [0.05, 0.1) is 5.54 Å². The number of nitrogens with two attached hydrogens (primary N) is 1. The smallest absolute Gasteiger partial charge is 0.237 e. The monoisotopic (exact) mass is 227 g/mol. The predicted molar refractivity (Wildman–Crippen MR) is 66.1 cm³/mol. The van der Waals surface area contributed by atoms with Crippen LogP contribution in [0.4, 0.5) is 0 Å². The van der Waals surface area contributed by atoms with Gasteiger partial charge in [0.1, 0.15) is 0 Å². The van der Waals surface area contributed by atoms with E-state index in [0.717, 1.165) is 13.0 Å². The Kier molecular flexibility index (Phi) is 4.74. The van der Waals surface area contributed by atoms with Crippen LogP contribution in [0.25, 0.3) is 0 Å². The van der Waals surface area contributed by atoms with E-state index in [4.69, 9.17) is 5.73 Å². The Balaban J connectivity index is 2.34. The normalized spacial score (nSPS) is 24.1. The van der Waals surface area contributed by atoms with E-state index in [1.807, 2.05) is 13.8 Å². The zero-order chi connectivity index (χ0) is 12.2. The van der Waals surface area contributed by atoms with Crippen LogP contribution in [0.3, 0.4) is 0 Å². The van der Waals surface area contributed by atoms with Crippen LogP contribution in [0.5, 0.6) is 0 Å². The first-order valence-corrected chi connectivity index (χ1v) is 6.23. The molecular weight excluding hydrogens is 202 g/mol. The molecule has 1 aliphatic rings. The number of amides is 1. The van der Waals surface area contributed by atoms with Gasteiger partial charge in [-0.05, 0) is 46.6 Å². The molecule has 0 bridgehead atoms. The van der Waals surface area contributed by atoms with Crippen LogP contribution < -0.4 is 16.4 Å². The molecule has 0 radical (unpaired) electrons. The van der Waals surface area contributed by atoms with Crippen molar-refractivity contribution < 1.29 is 4.79 Å². The van der Waals surface area contributed by atoms with E-state index in [1.165, 1.54) is 19.3 Å². The SMILES string of the molecule is CC(CC1CCCCN1)NC(C)(C)C(N)=O. The zero-order valence-corrected chi connectivity index (χ0v) is 10.7. The lowest BCUT2D eigenvalue weighted by atomic mass is 9.96. The van der Waals surface area contributed by atoms with E-state index in [9.17, 15) is 4.79 Å². The molecule has 0 aliphatic carbocycles. The van der Waals surface area contributed by atoms with Crippen LogP contribution in [0.15, 0.2) is 0 Å². The Labute approximate surface area is 98.3 Å². The Bertz CT molecular complexity index is 234. The summed E-state index contributed by atoms with van der Waals surface area (Å²) in [4.78, 5) is 11.2. The molecule has 0 aromatic heterocycles. The molecule has 1 saturated heterocycles. The molecule has 4 N–H and O–H groups in total. The third kappa shape index (κ3) is 4.10. The van der Waals surface area contributed by atoms with Crippen LogP contribution in [0.2, 0.25) is 0 Å². The number of carbonyl (C=O) groups excluding carboxylic acids is 1. The number of hydrogen-bond donors (Lipinski definition) is 3. The zero-order valence-electron chi connectivity index (χ0n) is 10.7. The van der Waals surface area contributed by atoms with E-state index < -0.39 is 5.54 Å². The molecule has 1 rings (SSSR count). The summed E-state index contributed by atoms with van der Waals surface area (Å²) in [7, 11) is 0. The molecule has 0 aromatic rings. The van der Waals surface area contributed by atoms with Crippen LogP contribution in [-0.2, 0) is 4.79 Å². The third-order valence-corrected chi connectivity index (χ3v) is 3.27. The van der Waals surface area contributed by atoms with Crippen molar-refractivity contribution in [2.45, 2.75) is 64.1 Å². The second-order valence-corrected chi connectivity index (χ2v) is 5.42. The largest absolute Gasteiger partial charge is 0.368 e. The average Bonchev–Trinajstić information content (AvgIpc) is 2.17. The van der Waals surface area contributed by atoms with E-state index in [-0.39, 0.29) is 5.91 Å². The molecule has 1 heterocycles. The van der Waals surface area contributed by atoms with Gasteiger partial charge < -0.3 is 16.4 Å². The minimum absolute atomic E-state index is 0.295. The van der Waals surface area contributed by atoms with Gasteiger partial charge in [-0.1, -0.05) is 6.42 Å². The second kappa shape index (κ2) is 5.64. The van der Waals surface area contributed by atoms with Gasteiger partial charge in [0, 0.05) is 12.1 Å². The van der Waals surface area contributed by atoms with Crippen molar-refractivity contribution in [2.75, 3.05) is 6.54 Å². The van der Waals surface area contributed by atoms with Gasteiger partial charge in [-0.3, -0.25) is 4.79 Å². The maximum Gasteiger partial charge on any atom is 0.237 e. The highest BCUT2D eigenvalue weighted by Gasteiger charge is 2.27. The number of hydrogen-bond acceptors (Lipinski definition) is 3. The maximum absolute atomic E-state index is 11.2. The fraction of sp³-hybridized carbons (Fsp3) is 0.917. The van der Waals surface area contributed by atoms with Crippen molar-refractivity contribution in [3.05, 3.63) is 0 Å². The van der Waals surface area contributed by atoms with Crippen molar-refractivity contribution in [3.63, 3.8) is 0 Å². The lowest BCUT2D eigenvalue weighted by Crippen LogP contribution is -2.55. The van der Waals surface area contributed by atoms with Gasteiger partial charge in [-0.15, -0.1) is 0 Å². The van der Waals surface area contributed by atoms with Crippen LogP contribution in [0, 0.1) is 0 Å². The summed E-state index contributed by atoms with van der Waals surface area (Å²) in [6.45, 7) is 6.90. The van der Waals surface area contributed by atoms with Gasteiger partial charge in [0.25, 0.3) is 0 Å².